The lowest BCUT2D eigenvalue weighted by molar-refractivity contribution is 0.0929. The highest BCUT2D eigenvalue weighted by Gasteiger charge is 2.18. The number of hydrogen-bond donors (Lipinski definition) is 1. The molecular weight excluding hydrogens is 276 g/mol. The number of carbonyl (C=O) groups is 1. The minimum atomic E-state index is -0.154. The lowest BCUT2D eigenvalue weighted by atomic mass is 10.0. The highest BCUT2D eigenvalue weighted by Crippen LogP contribution is 2.21. The summed E-state index contributed by atoms with van der Waals surface area (Å²) in [6.45, 7) is 4.46. The van der Waals surface area contributed by atoms with Crippen molar-refractivity contribution in [3.8, 4) is 5.88 Å². The van der Waals surface area contributed by atoms with Crippen LogP contribution < -0.4 is 10.1 Å². The van der Waals surface area contributed by atoms with E-state index in [1.54, 1.807) is 18.3 Å². The van der Waals surface area contributed by atoms with E-state index >= 15 is 0 Å². The van der Waals surface area contributed by atoms with Crippen molar-refractivity contribution in [2.45, 2.75) is 32.7 Å². The first-order chi connectivity index (χ1) is 10.8. The van der Waals surface area contributed by atoms with Gasteiger partial charge >= 0.3 is 0 Å². The van der Waals surface area contributed by atoms with Gasteiger partial charge in [-0.15, -0.1) is 0 Å². The summed E-state index contributed by atoms with van der Waals surface area (Å²) in [5.74, 6) is 0.227. The number of nitrogens with zero attached hydrogens (tertiary/aromatic N) is 1. The molecule has 0 fully saturated rings. The first kappa shape index (κ1) is 16.0. The lowest BCUT2D eigenvalue weighted by Gasteiger charge is -2.19. The molecular formula is C18H22N2O2. The molecule has 0 aliphatic heterocycles. The number of rotatable bonds is 7. The minimum absolute atomic E-state index is 0.00613. The van der Waals surface area contributed by atoms with E-state index in [1.807, 2.05) is 37.3 Å². The average Bonchev–Trinajstić information content (AvgIpc) is 2.56. The van der Waals surface area contributed by atoms with E-state index in [9.17, 15) is 4.79 Å². The van der Waals surface area contributed by atoms with Crippen LogP contribution in [0.5, 0.6) is 5.88 Å². The SMILES string of the molecule is CCC[C@H](NC(=O)c1cccnc1OCC)c1ccccc1. The van der Waals surface area contributed by atoms with E-state index in [1.165, 1.54) is 0 Å². The summed E-state index contributed by atoms with van der Waals surface area (Å²) in [5, 5.41) is 3.09. The van der Waals surface area contributed by atoms with E-state index in [0.717, 1.165) is 18.4 Å². The number of hydrogen-bond acceptors (Lipinski definition) is 3. The molecule has 1 atom stereocenters. The van der Waals surface area contributed by atoms with Gasteiger partial charge in [-0.25, -0.2) is 4.98 Å². The van der Waals surface area contributed by atoms with Crippen molar-refractivity contribution >= 4 is 5.91 Å². The van der Waals surface area contributed by atoms with Crippen molar-refractivity contribution in [1.82, 2.24) is 10.3 Å². The number of amides is 1. The molecule has 0 unspecified atom stereocenters. The van der Waals surface area contributed by atoms with Crippen LogP contribution in [-0.2, 0) is 0 Å². The van der Waals surface area contributed by atoms with Crippen molar-refractivity contribution in [3.63, 3.8) is 0 Å². The smallest absolute Gasteiger partial charge is 0.257 e. The first-order valence-corrected chi connectivity index (χ1v) is 7.69. The zero-order valence-corrected chi connectivity index (χ0v) is 13.1. The quantitative estimate of drug-likeness (QED) is 0.847. The third-order valence-corrected chi connectivity index (χ3v) is 3.38. The summed E-state index contributed by atoms with van der Waals surface area (Å²) in [6, 6.07) is 13.5. The van der Waals surface area contributed by atoms with Crippen LogP contribution in [0.25, 0.3) is 0 Å². The van der Waals surface area contributed by atoms with E-state index in [4.69, 9.17) is 4.74 Å². The average molecular weight is 298 g/mol. The molecule has 2 rings (SSSR count). The molecule has 0 aliphatic carbocycles. The fraction of sp³-hybridized carbons (Fsp3) is 0.333. The molecule has 0 aliphatic rings. The molecule has 1 aromatic heterocycles. The predicted octanol–water partition coefficient (Wildman–Crippen LogP) is 3.75. The van der Waals surface area contributed by atoms with Crippen LogP contribution >= 0.6 is 0 Å². The van der Waals surface area contributed by atoms with E-state index in [-0.39, 0.29) is 11.9 Å². The highest BCUT2D eigenvalue weighted by molar-refractivity contribution is 5.96. The van der Waals surface area contributed by atoms with Crippen molar-refractivity contribution in [2.24, 2.45) is 0 Å². The maximum atomic E-state index is 12.6. The van der Waals surface area contributed by atoms with Gasteiger partial charge in [-0.2, -0.15) is 0 Å². The van der Waals surface area contributed by atoms with E-state index in [2.05, 4.69) is 17.2 Å². The van der Waals surface area contributed by atoms with Gasteiger partial charge in [0.15, 0.2) is 0 Å². The molecule has 1 heterocycles. The molecule has 1 amide bonds. The largest absolute Gasteiger partial charge is 0.477 e. The number of benzene rings is 1. The van der Waals surface area contributed by atoms with Crippen LogP contribution in [0.3, 0.4) is 0 Å². The maximum Gasteiger partial charge on any atom is 0.257 e. The number of pyridine rings is 1. The van der Waals surface area contributed by atoms with Gasteiger partial charge < -0.3 is 10.1 Å². The second-order valence-corrected chi connectivity index (χ2v) is 5.01. The first-order valence-electron chi connectivity index (χ1n) is 7.69. The molecule has 1 N–H and O–H groups in total. The normalized spacial score (nSPS) is 11.7. The minimum Gasteiger partial charge on any atom is -0.477 e. The number of carbonyl (C=O) groups excluding carboxylic acids is 1. The van der Waals surface area contributed by atoms with Crippen molar-refractivity contribution in [2.75, 3.05) is 6.61 Å². The van der Waals surface area contributed by atoms with E-state index in [0.29, 0.717) is 18.1 Å². The number of aromatic nitrogens is 1. The van der Waals surface area contributed by atoms with Crippen LogP contribution in [0, 0.1) is 0 Å². The summed E-state index contributed by atoms with van der Waals surface area (Å²) in [7, 11) is 0. The Kier molecular flexibility index (Phi) is 5.95. The Bertz CT molecular complexity index is 599. The Labute approximate surface area is 131 Å². The second-order valence-electron chi connectivity index (χ2n) is 5.01. The second kappa shape index (κ2) is 8.17. The number of nitrogens with one attached hydrogen (secondary N) is 1. The van der Waals surface area contributed by atoms with Crippen LogP contribution in [0.15, 0.2) is 48.7 Å². The molecule has 0 saturated carbocycles. The Hall–Kier alpha value is -2.36. The van der Waals surface area contributed by atoms with Crippen LogP contribution in [0.2, 0.25) is 0 Å². The summed E-state index contributed by atoms with van der Waals surface area (Å²) in [5.41, 5.74) is 1.58. The topological polar surface area (TPSA) is 51.2 Å². The van der Waals surface area contributed by atoms with Gasteiger partial charge in [-0.3, -0.25) is 4.79 Å². The Morgan fingerprint density at radius 3 is 2.64 bits per heavy atom. The predicted molar refractivity (Wildman–Crippen MR) is 87.0 cm³/mol. The molecule has 0 saturated heterocycles. The van der Waals surface area contributed by atoms with Crippen molar-refractivity contribution < 1.29 is 9.53 Å². The Balaban J connectivity index is 2.18. The molecule has 0 radical (unpaired) electrons. The molecule has 116 valence electrons. The summed E-state index contributed by atoms with van der Waals surface area (Å²) >= 11 is 0. The van der Waals surface area contributed by atoms with Gasteiger partial charge in [0.2, 0.25) is 5.88 Å². The van der Waals surface area contributed by atoms with Gasteiger partial charge in [0.25, 0.3) is 5.91 Å². The van der Waals surface area contributed by atoms with Crippen LogP contribution in [0.4, 0.5) is 0 Å². The summed E-state index contributed by atoms with van der Waals surface area (Å²) in [6.07, 6.45) is 3.51. The maximum absolute atomic E-state index is 12.6. The molecule has 22 heavy (non-hydrogen) atoms. The van der Waals surface area contributed by atoms with Gasteiger partial charge in [-0.05, 0) is 31.0 Å². The third-order valence-electron chi connectivity index (χ3n) is 3.38. The fourth-order valence-corrected chi connectivity index (χ4v) is 2.35. The highest BCUT2D eigenvalue weighted by atomic mass is 16.5. The zero-order valence-electron chi connectivity index (χ0n) is 13.1. The standard InChI is InChI=1S/C18H22N2O2/c1-3-9-16(14-10-6-5-7-11-14)20-17(21)15-12-8-13-19-18(15)22-4-2/h5-8,10-13,16H,3-4,9H2,1-2H3,(H,20,21)/t16-/m0/s1. The van der Waals surface area contributed by atoms with Crippen molar-refractivity contribution in [1.29, 1.82) is 0 Å². The number of ether oxygens (including phenoxy) is 1. The van der Waals surface area contributed by atoms with Crippen LogP contribution in [-0.4, -0.2) is 17.5 Å². The van der Waals surface area contributed by atoms with Gasteiger partial charge in [0.1, 0.15) is 5.56 Å². The zero-order chi connectivity index (χ0) is 15.8. The fourth-order valence-electron chi connectivity index (χ4n) is 2.35. The van der Waals surface area contributed by atoms with Gasteiger partial charge in [0, 0.05) is 6.20 Å². The lowest BCUT2D eigenvalue weighted by Crippen LogP contribution is -2.29. The summed E-state index contributed by atoms with van der Waals surface area (Å²) in [4.78, 5) is 16.7. The monoisotopic (exact) mass is 298 g/mol. The van der Waals surface area contributed by atoms with Crippen molar-refractivity contribution in [3.05, 3.63) is 59.8 Å². The van der Waals surface area contributed by atoms with E-state index < -0.39 is 0 Å². The molecule has 0 spiro atoms. The Morgan fingerprint density at radius 2 is 1.95 bits per heavy atom. The molecule has 2 aromatic rings. The molecule has 0 bridgehead atoms. The third kappa shape index (κ3) is 4.07. The van der Waals surface area contributed by atoms with Gasteiger partial charge in [0.05, 0.1) is 12.6 Å². The molecule has 4 heteroatoms. The molecule has 4 nitrogen and oxygen atoms in total. The Morgan fingerprint density at radius 1 is 1.18 bits per heavy atom. The van der Waals surface area contributed by atoms with Gasteiger partial charge in [-0.1, -0.05) is 43.7 Å². The molecule has 1 aromatic carbocycles. The summed E-state index contributed by atoms with van der Waals surface area (Å²) < 4.78 is 5.43. The van der Waals surface area contributed by atoms with Crippen LogP contribution in [0.1, 0.15) is 48.7 Å².